The van der Waals surface area contributed by atoms with Gasteiger partial charge in [0.1, 0.15) is 4.90 Å². The second-order valence-corrected chi connectivity index (χ2v) is 5.48. The van der Waals surface area contributed by atoms with Gasteiger partial charge in [-0.25, -0.2) is 8.42 Å². The molecule has 0 unspecified atom stereocenters. The van der Waals surface area contributed by atoms with Crippen LogP contribution in [-0.2, 0) is 9.84 Å². The van der Waals surface area contributed by atoms with Crippen molar-refractivity contribution in [3.05, 3.63) is 30.3 Å². The molecule has 8 heteroatoms. The number of rotatable bonds is 2. The van der Waals surface area contributed by atoms with Crippen LogP contribution in [-0.4, -0.2) is 28.8 Å². The van der Waals surface area contributed by atoms with Gasteiger partial charge < -0.3 is 4.42 Å². The number of aromatic amines is 1. The molecule has 0 amide bonds. The lowest BCUT2D eigenvalue weighted by Gasteiger charge is -2.00. The third-order valence-electron chi connectivity index (χ3n) is 2.47. The van der Waals surface area contributed by atoms with E-state index in [2.05, 4.69) is 20.4 Å². The smallest absolute Gasteiger partial charge is 0.340 e. The maximum absolute atomic E-state index is 12.3. The lowest BCUT2D eigenvalue weighted by molar-refractivity contribution is 0.410. The summed E-state index contributed by atoms with van der Waals surface area (Å²) in [5, 5.41) is 13.8. The molecule has 0 aliphatic carbocycles. The van der Waals surface area contributed by atoms with E-state index < -0.39 is 15.1 Å². The zero-order valence-electron chi connectivity index (χ0n) is 9.28. The molecule has 0 atom stereocenters. The summed E-state index contributed by atoms with van der Waals surface area (Å²) in [6.45, 7) is 1.53. The SMILES string of the molecule is Cc1nnc(S(=O)(=O)c2cccc3cn[nH]c23)o1. The van der Waals surface area contributed by atoms with Crippen molar-refractivity contribution in [3.63, 3.8) is 0 Å². The largest absolute Gasteiger partial charge is 0.413 e. The van der Waals surface area contributed by atoms with Crippen LogP contribution in [0.4, 0.5) is 0 Å². The van der Waals surface area contributed by atoms with Crippen molar-refractivity contribution < 1.29 is 12.8 Å². The van der Waals surface area contributed by atoms with E-state index in [0.29, 0.717) is 10.9 Å². The number of nitrogens with one attached hydrogen (secondary N) is 1. The molecule has 0 bridgehead atoms. The number of benzene rings is 1. The minimum Gasteiger partial charge on any atom is -0.413 e. The van der Waals surface area contributed by atoms with Gasteiger partial charge in [-0.3, -0.25) is 5.10 Å². The summed E-state index contributed by atoms with van der Waals surface area (Å²) in [5.41, 5.74) is 0.424. The quantitative estimate of drug-likeness (QED) is 0.743. The Morgan fingerprint density at radius 1 is 1.28 bits per heavy atom. The van der Waals surface area contributed by atoms with Gasteiger partial charge >= 0.3 is 5.22 Å². The van der Waals surface area contributed by atoms with Gasteiger partial charge in [0.2, 0.25) is 5.89 Å². The Hall–Kier alpha value is -2.22. The number of nitrogens with zero attached hydrogens (tertiary/aromatic N) is 3. The van der Waals surface area contributed by atoms with Crippen molar-refractivity contribution >= 4 is 20.7 Å². The van der Waals surface area contributed by atoms with E-state index in [-0.39, 0.29) is 10.8 Å². The molecule has 2 aromatic heterocycles. The van der Waals surface area contributed by atoms with Gasteiger partial charge in [-0.15, -0.1) is 5.10 Å². The average molecular weight is 264 g/mol. The third-order valence-corrected chi connectivity index (χ3v) is 4.01. The first kappa shape index (κ1) is 10.9. The van der Waals surface area contributed by atoms with Crippen molar-refractivity contribution in [2.75, 3.05) is 0 Å². The van der Waals surface area contributed by atoms with Crippen LogP contribution in [0.5, 0.6) is 0 Å². The first-order chi connectivity index (χ1) is 8.59. The Balaban J connectivity index is 2.29. The molecule has 2 heterocycles. The van der Waals surface area contributed by atoms with Crippen molar-refractivity contribution in [3.8, 4) is 0 Å². The molecule has 1 N–H and O–H groups in total. The van der Waals surface area contributed by atoms with E-state index in [4.69, 9.17) is 4.42 Å². The second kappa shape index (κ2) is 3.64. The number of sulfone groups is 1. The van der Waals surface area contributed by atoms with Gasteiger partial charge in [0.05, 0.1) is 11.7 Å². The number of aryl methyl sites for hydroxylation is 1. The lowest BCUT2D eigenvalue weighted by atomic mass is 10.3. The summed E-state index contributed by atoms with van der Waals surface area (Å²) < 4.78 is 29.6. The second-order valence-electron chi connectivity index (χ2n) is 3.68. The Morgan fingerprint density at radius 3 is 2.83 bits per heavy atom. The first-order valence-electron chi connectivity index (χ1n) is 5.06. The van der Waals surface area contributed by atoms with Crippen LogP contribution >= 0.6 is 0 Å². The fraction of sp³-hybridized carbons (Fsp3) is 0.100. The Bertz CT molecular complexity index is 818. The summed E-state index contributed by atoms with van der Waals surface area (Å²) in [4.78, 5) is 0.0705. The van der Waals surface area contributed by atoms with E-state index in [1.807, 2.05) is 0 Å². The van der Waals surface area contributed by atoms with Gasteiger partial charge in [-0.1, -0.05) is 17.2 Å². The molecule has 0 aliphatic heterocycles. The number of hydrogen-bond donors (Lipinski definition) is 1. The van der Waals surface area contributed by atoms with Gasteiger partial charge in [-0.2, -0.15) is 5.10 Å². The molecule has 1 aromatic carbocycles. The molecule has 18 heavy (non-hydrogen) atoms. The summed E-state index contributed by atoms with van der Waals surface area (Å²) in [6, 6.07) is 4.86. The number of para-hydroxylation sites is 1. The van der Waals surface area contributed by atoms with Crippen LogP contribution in [0.15, 0.2) is 38.9 Å². The topological polar surface area (TPSA) is 102 Å². The number of H-pyrrole nitrogens is 1. The van der Waals surface area contributed by atoms with E-state index in [0.717, 1.165) is 0 Å². The Labute approximate surface area is 102 Å². The van der Waals surface area contributed by atoms with Crippen molar-refractivity contribution in [1.29, 1.82) is 0 Å². The molecule has 0 fully saturated rings. The number of hydrogen-bond acceptors (Lipinski definition) is 6. The van der Waals surface area contributed by atoms with Crippen LogP contribution < -0.4 is 0 Å². The molecule has 0 saturated heterocycles. The first-order valence-corrected chi connectivity index (χ1v) is 6.54. The molecule has 0 spiro atoms. The standard InChI is InChI=1S/C10H8N4O3S/c1-6-12-14-10(17-6)18(15,16)8-4-2-3-7-5-11-13-9(7)8/h2-5H,1H3,(H,11,13). The van der Waals surface area contributed by atoms with Crippen LogP contribution in [0, 0.1) is 6.92 Å². The summed E-state index contributed by atoms with van der Waals surface area (Å²) >= 11 is 0. The van der Waals surface area contributed by atoms with Gasteiger partial charge in [0.25, 0.3) is 9.84 Å². The number of fused-ring (bicyclic) bond motifs is 1. The Kier molecular flexibility index (Phi) is 2.20. The maximum Gasteiger partial charge on any atom is 0.340 e. The predicted octanol–water partition coefficient (Wildman–Crippen LogP) is 1.09. The molecule has 0 aliphatic rings. The molecule has 7 nitrogen and oxygen atoms in total. The van der Waals surface area contributed by atoms with Gasteiger partial charge in [0, 0.05) is 12.3 Å². The van der Waals surface area contributed by atoms with E-state index in [1.54, 1.807) is 18.3 Å². The third kappa shape index (κ3) is 1.50. The normalized spacial score (nSPS) is 12.1. The Morgan fingerprint density at radius 2 is 2.11 bits per heavy atom. The summed E-state index contributed by atoms with van der Waals surface area (Å²) in [6.07, 6.45) is 1.55. The molecular weight excluding hydrogens is 256 g/mol. The van der Waals surface area contributed by atoms with E-state index in [9.17, 15) is 8.42 Å². The molecule has 0 radical (unpaired) electrons. The lowest BCUT2D eigenvalue weighted by Crippen LogP contribution is -2.03. The molecule has 3 rings (SSSR count). The minimum atomic E-state index is -3.83. The summed E-state index contributed by atoms with van der Waals surface area (Å²) in [5.74, 6) is 0.199. The van der Waals surface area contributed by atoms with Gasteiger partial charge in [-0.05, 0) is 6.07 Å². The molecule has 92 valence electrons. The van der Waals surface area contributed by atoms with Crippen molar-refractivity contribution in [2.45, 2.75) is 17.0 Å². The highest BCUT2D eigenvalue weighted by Crippen LogP contribution is 2.25. The monoisotopic (exact) mass is 264 g/mol. The molecular formula is C10H8N4O3S. The van der Waals surface area contributed by atoms with Crippen LogP contribution in [0.1, 0.15) is 5.89 Å². The highest BCUT2D eigenvalue weighted by molar-refractivity contribution is 7.91. The van der Waals surface area contributed by atoms with Crippen molar-refractivity contribution in [1.82, 2.24) is 20.4 Å². The van der Waals surface area contributed by atoms with Crippen molar-refractivity contribution in [2.24, 2.45) is 0 Å². The number of aromatic nitrogens is 4. The highest BCUT2D eigenvalue weighted by atomic mass is 32.2. The highest BCUT2D eigenvalue weighted by Gasteiger charge is 2.26. The summed E-state index contributed by atoms with van der Waals surface area (Å²) in [7, 11) is -3.83. The maximum atomic E-state index is 12.3. The molecule has 3 aromatic rings. The fourth-order valence-electron chi connectivity index (χ4n) is 1.65. The predicted molar refractivity (Wildman–Crippen MR) is 60.6 cm³/mol. The van der Waals surface area contributed by atoms with Crippen LogP contribution in [0.3, 0.4) is 0 Å². The fourth-order valence-corrected chi connectivity index (χ4v) is 2.90. The zero-order valence-corrected chi connectivity index (χ0v) is 10.1. The van der Waals surface area contributed by atoms with Crippen LogP contribution in [0.2, 0.25) is 0 Å². The molecule has 0 saturated carbocycles. The zero-order chi connectivity index (χ0) is 12.8. The average Bonchev–Trinajstić information content (AvgIpc) is 2.96. The minimum absolute atomic E-state index is 0.0705. The van der Waals surface area contributed by atoms with E-state index >= 15 is 0 Å². The van der Waals surface area contributed by atoms with Gasteiger partial charge in [0.15, 0.2) is 0 Å². The van der Waals surface area contributed by atoms with E-state index in [1.165, 1.54) is 13.0 Å². The van der Waals surface area contributed by atoms with Crippen LogP contribution in [0.25, 0.3) is 10.9 Å².